The lowest BCUT2D eigenvalue weighted by atomic mass is 10.1. The fourth-order valence-electron chi connectivity index (χ4n) is 1.61. The van der Waals surface area contributed by atoms with Crippen molar-refractivity contribution in [2.45, 2.75) is 19.4 Å². The first kappa shape index (κ1) is 9.34. The van der Waals surface area contributed by atoms with E-state index in [9.17, 15) is 5.11 Å². The van der Waals surface area contributed by atoms with Gasteiger partial charge in [-0.3, -0.25) is 0 Å². The maximum Gasteiger partial charge on any atom is 0.164 e. The number of aliphatic hydroxyl groups excluding tert-OH is 1. The molecule has 0 aliphatic carbocycles. The van der Waals surface area contributed by atoms with Crippen LogP contribution in [0.4, 0.5) is 0 Å². The van der Waals surface area contributed by atoms with Crippen molar-refractivity contribution in [1.82, 2.24) is 0 Å². The third-order valence-corrected chi connectivity index (χ3v) is 2.16. The Morgan fingerprint density at radius 2 is 2.14 bits per heavy atom. The van der Waals surface area contributed by atoms with E-state index in [2.05, 4.69) is 0 Å². The number of fused-ring (bicyclic) bond motifs is 1. The zero-order chi connectivity index (χ0) is 9.97. The quantitative estimate of drug-likeness (QED) is 0.773. The number of para-hydroxylation sites is 1. The van der Waals surface area contributed by atoms with E-state index < -0.39 is 0 Å². The zero-order valence-corrected chi connectivity index (χ0v) is 8.19. The Morgan fingerprint density at radius 3 is 2.93 bits per heavy atom. The summed E-state index contributed by atoms with van der Waals surface area (Å²) in [4.78, 5) is 0. The van der Waals surface area contributed by atoms with Crippen LogP contribution in [0.2, 0.25) is 0 Å². The molecule has 0 fully saturated rings. The second-order valence-electron chi connectivity index (χ2n) is 3.49. The summed E-state index contributed by atoms with van der Waals surface area (Å²) in [5, 5.41) is 9.31. The Bertz CT molecular complexity index is 320. The van der Waals surface area contributed by atoms with Gasteiger partial charge in [0.2, 0.25) is 0 Å². The minimum Gasteiger partial charge on any atom is -0.486 e. The molecule has 0 bridgehead atoms. The first-order chi connectivity index (χ1) is 6.77. The summed E-state index contributed by atoms with van der Waals surface area (Å²) in [6.45, 7) is 2.96. The predicted octanol–water partition coefficient (Wildman–Crippen LogP) is 1.38. The summed E-state index contributed by atoms with van der Waals surface area (Å²) in [6, 6.07) is 5.77. The van der Waals surface area contributed by atoms with Crippen LogP contribution in [0.3, 0.4) is 0 Å². The van der Waals surface area contributed by atoms with Crippen molar-refractivity contribution in [1.29, 1.82) is 0 Å². The van der Waals surface area contributed by atoms with Gasteiger partial charge in [-0.05, 0) is 13.0 Å². The van der Waals surface area contributed by atoms with Crippen LogP contribution in [0, 0.1) is 0 Å². The minimum atomic E-state index is -0.355. The molecule has 1 atom stereocenters. The second kappa shape index (κ2) is 3.88. The lowest BCUT2D eigenvalue weighted by molar-refractivity contribution is 0.164. The lowest BCUT2D eigenvalue weighted by Gasteiger charge is -2.21. The van der Waals surface area contributed by atoms with Crippen LogP contribution >= 0.6 is 0 Å². The van der Waals surface area contributed by atoms with Gasteiger partial charge in [0.25, 0.3) is 0 Å². The largest absolute Gasteiger partial charge is 0.486 e. The van der Waals surface area contributed by atoms with E-state index in [-0.39, 0.29) is 6.10 Å². The lowest BCUT2D eigenvalue weighted by Crippen LogP contribution is -2.17. The average Bonchev–Trinajstić information content (AvgIpc) is 2.18. The second-order valence-corrected chi connectivity index (χ2v) is 3.49. The Hall–Kier alpha value is -1.22. The van der Waals surface area contributed by atoms with Gasteiger partial charge in [0.1, 0.15) is 13.2 Å². The Labute approximate surface area is 83.3 Å². The van der Waals surface area contributed by atoms with Crippen LogP contribution in [0.1, 0.15) is 12.5 Å². The molecular formula is C11H14O3. The van der Waals surface area contributed by atoms with Crippen LogP contribution < -0.4 is 9.47 Å². The molecule has 14 heavy (non-hydrogen) atoms. The highest BCUT2D eigenvalue weighted by Gasteiger charge is 2.15. The van der Waals surface area contributed by atoms with Gasteiger partial charge >= 0.3 is 0 Å². The van der Waals surface area contributed by atoms with Crippen LogP contribution in [0.25, 0.3) is 0 Å². The van der Waals surface area contributed by atoms with Gasteiger partial charge in [0.05, 0.1) is 6.10 Å². The molecule has 76 valence electrons. The van der Waals surface area contributed by atoms with Crippen molar-refractivity contribution in [3.05, 3.63) is 23.8 Å². The highest BCUT2D eigenvalue weighted by atomic mass is 16.6. The van der Waals surface area contributed by atoms with E-state index in [0.717, 1.165) is 17.1 Å². The Kier molecular flexibility index (Phi) is 2.59. The number of ether oxygens (including phenoxy) is 2. The molecule has 1 aromatic carbocycles. The van der Waals surface area contributed by atoms with Crippen molar-refractivity contribution >= 4 is 0 Å². The molecule has 0 saturated carbocycles. The van der Waals surface area contributed by atoms with Gasteiger partial charge in [-0.15, -0.1) is 0 Å². The third kappa shape index (κ3) is 1.82. The van der Waals surface area contributed by atoms with E-state index >= 15 is 0 Å². The van der Waals surface area contributed by atoms with Crippen molar-refractivity contribution in [3.63, 3.8) is 0 Å². The molecule has 0 radical (unpaired) electrons. The fourth-order valence-corrected chi connectivity index (χ4v) is 1.61. The van der Waals surface area contributed by atoms with Gasteiger partial charge in [-0.1, -0.05) is 12.1 Å². The van der Waals surface area contributed by atoms with Crippen LogP contribution in [0.15, 0.2) is 18.2 Å². The van der Waals surface area contributed by atoms with Crippen LogP contribution in [0.5, 0.6) is 11.5 Å². The zero-order valence-electron chi connectivity index (χ0n) is 8.19. The summed E-state index contributed by atoms with van der Waals surface area (Å²) >= 11 is 0. The minimum absolute atomic E-state index is 0.355. The Balaban J connectivity index is 2.30. The molecule has 1 heterocycles. The average molecular weight is 194 g/mol. The maximum atomic E-state index is 9.31. The highest BCUT2D eigenvalue weighted by molar-refractivity contribution is 5.47. The normalized spacial score (nSPS) is 16.4. The molecule has 1 aliphatic heterocycles. The van der Waals surface area contributed by atoms with E-state index in [4.69, 9.17) is 9.47 Å². The molecule has 1 N–H and O–H groups in total. The highest BCUT2D eigenvalue weighted by Crippen LogP contribution is 2.34. The van der Waals surface area contributed by atoms with Gasteiger partial charge in [0, 0.05) is 12.0 Å². The van der Waals surface area contributed by atoms with Gasteiger partial charge in [-0.25, -0.2) is 0 Å². The molecule has 3 heteroatoms. The number of hydrogen-bond donors (Lipinski definition) is 1. The number of rotatable bonds is 2. The van der Waals surface area contributed by atoms with Crippen molar-refractivity contribution in [3.8, 4) is 11.5 Å². The smallest absolute Gasteiger partial charge is 0.164 e. The summed E-state index contributed by atoms with van der Waals surface area (Å²) in [5.41, 5.74) is 1.01. The van der Waals surface area contributed by atoms with Gasteiger partial charge in [-0.2, -0.15) is 0 Å². The molecule has 2 rings (SSSR count). The molecule has 0 spiro atoms. The molecule has 0 saturated heterocycles. The number of aliphatic hydroxyl groups is 1. The predicted molar refractivity (Wildman–Crippen MR) is 52.8 cm³/mol. The molecule has 1 aromatic rings. The third-order valence-electron chi connectivity index (χ3n) is 2.16. The summed E-state index contributed by atoms with van der Waals surface area (Å²) in [6.07, 6.45) is 0.249. The van der Waals surface area contributed by atoms with Crippen molar-refractivity contribution in [2.75, 3.05) is 13.2 Å². The standard InChI is InChI=1S/C11H14O3/c1-8(12)7-9-3-2-4-10-11(9)14-6-5-13-10/h2-4,8,12H,5-7H2,1H3. The maximum absolute atomic E-state index is 9.31. The van der Waals surface area contributed by atoms with Crippen molar-refractivity contribution < 1.29 is 14.6 Å². The fraction of sp³-hybridized carbons (Fsp3) is 0.455. The van der Waals surface area contributed by atoms with E-state index in [1.54, 1.807) is 6.92 Å². The molecule has 1 unspecified atom stereocenters. The molecule has 0 amide bonds. The van der Waals surface area contributed by atoms with E-state index in [1.165, 1.54) is 0 Å². The first-order valence-corrected chi connectivity index (χ1v) is 4.83. The molecular weight excluding hydrogens is 180 g/mol. The van der Waals surface area contributed by atoms with Gasteiger partial charge < -0.3 is 14.6 Å². The summed E-state index contributed by atoms with van der Waals surface area (Å²) in [5.74, 6) is 1.58. The van der Waals surface area contributed by atoms with E-state index in [0.29, 0.717) is 19.6 Å². The first-order valence-electron chi connectivity index (χ1n) is 4.83. The monoisotopic (exact) mass is 194 g/mol. The number of benzene rings is 1. The van der Waals surface area contributed by atoms with Crippen molar-refractivity contribution in [2.24, 2.45) is 0 Å². The molecule has 1 aliphatic rings. The summed E-state index contributed by atoms with van der Waals surface area (Å²) in [7, 11) is 0. The van der Waals surface area contributed by atoms with Gasteiger partial charge in [0.15, 0.2) is 11.5 Å². The number of hydrogen-bond acceptors (Lipinski definition) is 3. The van der Waals surface area contributed by atoms with E-state index in [1.807, 2.05) is 18.2 Å². The summed E-state index contributed by atoms with van der Waals surface area (Å²) < 4.78 is 11.0. The molecule has 0 aromatic heterocycles. The SMILES string of the molecule is CC(O)Cc1cccc2c1OCCO2. The van der Waals surface area contributed by atoms with Crippen LogP contribution in [-0.2, 0) is 6.42 Å². The molecule has 3 nitrogen and oxygen atoms in total. The Morgan fingerprint density at radius 1 is 1.36 bits per heavy atom. The van der Waals surface area contributed by atoms with Crippen LogP contribution in [-0.4, -0.2) is 24.4 Å². The topological polar surface area (TPSA) is 38.7 Å².